The molecule has 0 aliphatic heterocycles. The van der Waals surface area contributed by atoms with Gasteiger partial charge >= 0.3 is 11.8 Å². The first-order valence-corrected chi connectivity index (χ1v) is 9.08. The second-order valence-electron chi connectivity index (χ2n) is 6.38. The van der Waals surface area contributed by atoms with Crippen LogP contribution < -0.4 is 14.8 Å². The van der Waals surface area contributed by atoms with Gasteiger partial charge in [0, 0.05) is 19.3 Å². The van der Waals surface area contributed by atoms with Crippen molar-refractivity contribution in [2.75, 3.05) is 19.5 Å². The maximum atomic E-state index is 12.3. The molecule has 0 saturated heterocycles. The second-order valence-corrected chi connectivity index (χ2v) is 6.38. The summed E-state index contributed by atoms with van der Waals surface area (Å²) in [6.45, 7) is 0.360. The summed E-state index contributed by atoms with van der Waals surface area (Å²) in [4.78, 5) is 25.9. The monoisotopic (exact) mass is 390 g/mol. The number of amides is 2. The first kappa shape index (κ1) is 19.9. The third-order valence-corrected chi connectivity index (χ3v) is 4.21. The van der Waals surface area contributed by atoms with Gasteiger partial charge in [0.1, 0.15) is 5.75 Å². The number of nitrogens with one attached hydrogen (secondary N) is 1. The van der Waals surface area contributed by atoms with Gasteiger partial charge in [-0.15, -0.1) is 0 Å². The molecule has 148 valence electrons. The molecule has 3 aromatic rings. The Kier molecular flexibility index (Phi) is 6.47. The lowest BCUT2D eigenvalue weighted by atomic mass is 10.2. The molecule has 2 amide bonds. The highest BCUT2D eigenvalue weighted by Gasteiger charge is 2.19. The number of carbonyl (C=O) groups is 2. The molecule has 0 unspecified atom stereocenters. The molecule has 0 bridgehead atoms. The van der Waals surface area contributed by atoms with Gasteiger partial charge in [-0.25, -0.2) is 0 Å². The largest absolute Gasteiger partial charge is 0.493 e. The van der Waals surface area contributed by atoms with Crippen LogP contribution in [0, 0.1) is 0 Å². The predicted molar refractivity (Wildman–Crippen MR) is 111 cm³/mol. The number of para-hydroxylation sites is 2. The summed E-state index contributed by atoms with van der Waals surface area (Å²) in [5.41, 5.74) is 1.46. The summed E-state index contributed by atoms with van der Waals surface area (Å²) in [7, 11) is 3.17. The van der Waals surface area contributed by atoms with Crippen LogP contribution in [0.1, 0.15) is 5.56 Å². The molecule has 0 aliphatic rings. The smallest absolute Gasteiger partial charge is 0.313 e. The number of rotatable bonds is 6. The number of carbonyl (C=O) groups excluding carboxylic acids is 2. The highest BCUT2D eigenvalue weighted by atomic mass is 16.5. The van der Waals surface area contributed by atoms with Crippen molar-refractivity contribution in [3.05, 3.63) is 84.4 Å². The highest BCUT2D eigenvalue weighted by Crippen LogP contribution is 2.31. The normalized spacial score (nSPS) is 10.1. The van der Waals surface area contributed by atoms with E-state index in [1.165, 1.54) is 4.90 Å². The Balaban J connectivity index is 1.58. The molecule has 3 rings (SSSR count). The molecule has 0 saturated carbocycles. The minimum atomic E-state index is -0.693. The lowest BCUT2D eigenvalue weighted by Crippen LogP contribution is -2.36. The van der Waals surface area contributed by atoms with Gasteiger partial charge in [0.05, 0.1) is 7.11 Å². The Hall–Kier alpha value is -3.80. The Morgan fingerprint density at radius 1 is 0.862 bits per heavy atom. The van der Waals surface area contributed by atoms with Gasteiger partial charge in [0.2, 0.25) is 0 Å². The molecule has 3 aromatic carbocycles. The molecule has 0 aromatic heterocycles. The molecule has 29 heavy (non-hydrogen) atoms. The molecule has 0 spiro atoms. The molecule has 0 aliphatic carbocycles. The minimum Gasteiger partial charge on any atom is -0.493 e. The fraction of sp³-hybridized carbons (Fsp3) is 0.130. The summed E-state index contributed by atoms with van der Waals surface area (Å²) in [5.74, 6) is 0.492. The summed E-state index contributed by atoms with van der Waals surface area (Å²) in [6.07, 6.45) is 0. The molecule has 6 heteroatoms. The summed E-state index contributed by atoms with van der Waals surface area (Å²) in [6, 6.07) is 23.6. The molecule has 0 heterocycles. The van der Waals surface area contributed by atoms with Crippen molar-refractivity contribution in [2.24, 2.45) is 0 Å². The number of ether oxygens (including phenoxy) is 2. The molecular weight excluding hydrogens is 368 g/mol. The van der Waals surface area contributed by atoms with Crippen LogP contribution in [-0.4, -0.2) is 30.9 Å². The van der Waals surface area contributed by atoms with Gasteiger partial charge in [-0.05, 0) is 42.0 Å². The van der Waals surface area contributed by atoms with E-state index in [-0.39, 0.29) is 0 Å². The van der Waals surface area contributed by atoms with Crippen LogP contribution in [0.5, 0.6) is 17.2 Å². The molecule has 0 radical (unpaired) electrons. The van der Waals surface area contributed by atoms with Gasteiger partial charge in [0.25, 0.3) is 0 Å². The summed E-state index contributed by atoms with van der Waals surface area (Å²) < 4.78 is 11.1. The molecule has 0 fully saturated rings. The third kappa shape index (κ3) is 5.35. The number of benzene rings is 3. The van der Waals surface area contributed by atoms with Crippen molar-refractivity contribution >= 4 is 17.5 Å². The first-order chi connectivity index (χ1) is 14.1. The molecular formula is C23H22N2O4. The Bertz CT molecular complexity index is 972. The SMILES string of the molecule is COc1ccccc1Oc1ccc(NC(=O)C(=O)N(C)Cc2ccccc2)cc1. The molecule has 6 nitrogen and oxygen atoms in total. The van der Waals surface area contributed by atoms with Crippen LogP contribution in [0.25, 0.3) is 0 Å². The lowest BCUT2D eigenvalue weighted by Gasteiger charge is -2.17. The van der Waals surface area contributed by atoms with Crippen LogP contribution in [0.15, 0.2) is 78.9 Å². The number of methoxy groups -OCH3 is 1. The van der Waals surface area contributed by atoms with Crippen LogP contribution >= 0.6 is 0 Å². The number of likely N-dealkylation sites (N-methyl/N-ethyl adjacent to an activating group) is 1. The van der Waals surface area contributed by atoms with Gasteiger partial charge in [-0.3, -0.25) is 9.59 Å². The number of anilines is 1. The Morgan fingerprint density at radius 3 is 2.14 bits per heavy atom. The van der Waals surface area contributed by atoms with Crippen LogP contribution in [-0.2, 0) is 16.1 Å². The van der Waals surface area contributed by atoms with E-state index in [0.29, 0.717) is 29.5 Å². The van der Waals surface area contributed by atoms with E-state index in [1.807, 2.05) is 48.5 Å². The van der Waals surface area contributed by atoms with Gasteiger partial charge < -0.3 is 19.7 Å². The lowest BCUT2D eigenvalue weighted by molar-refractivity contribution is -0.142. The number of hydrogen-bond donors (Lipinski definition) is 1. The van der Waals surface area contributed by atoms with Crippen molar-refractivity contribution in [2.45, 2.75) is 6.54 Å². The van der Waals surface area contributed by atoms with Crippen molar-refractivity contribution in [3.63, 3.8) is 0 Å². The van der Waals surface area contributed by atoms with Crippen LogP contribution in [0.4, 0.5) is 5.69 Å². The highest BCUT2D eigenvalue weighted by molar-refractivity contribution is 6.39. The topological polar surface area (TPSA) is 67.9 Å². The fourth-order valence-corrected chi connectivity index (χ4v) is 2.72. The maximum Gasteiger partial charge on any atom is 0.313 e. The minimum absolute atomic E-state index is 0.360. The van der Waals surface area contributed by atoms with E-state index >= 15 is 0 Å². The molecule has 1 N–H and O–H groups in total. The maximum absolute atomic E-state index is 12.3. The zero-order chi connectivity index (χ0) is 20.6. The van der Waals surface area contributed by atoms with Crippen molar-refractivity contribution < 1.29 is 19.1 Å². The van der Waals surface area contributed by atoms with E-state index in [4.69, 9.17) is 9.47 Å². The first-order valence-electron chi connectivity index (χ1n) is 9.08. The van der Waals surface area contributed by atoms with Gasteiger partial charge in [0.15, 0.2) is 11.5 Å². The van der Waals surface area contributed by atoms with Gasteiger partial charge in [-0.1, -0.05) is 42.5 Å². The average Bonchev–Trinajstić information content (AvgIpc) is 2.75. The Morgan fingerprint density at radius 2 is 1.48 bits per heavy atom. The van der Waals surface area contributed by atoms with Crippen LogP contribution in [0.3, 0.4) is 0 Å². The predicted octanol–water partition coefficient (Wildman–Crippen LogP) is 4.08. The van der Waals surface area contributed by atoms with Crippen LogP contribution in [0.2, 0.25) is 0 Å². The quantitative estimate of drug-likeness (QED) is 0.644. The van der Waals surface area contributed by atoms with E-state index in [0.717, 1.165) is 5.56 Å². The van der Waals surface area contributed by atoms with E-state index in [1.54, 1.807) is 44.5 Å². The third-order valence-electron chi connectivity index (χ3n) is 4.21. The van der Waals surface area contributed by atoms with Crippen molar-refractivity contribution in [1.29, 1.82) is 0 Å². The molecule has 0 atom stereocenters. The zero-order valence-electron chi connectivity index (χ0n) is 16.3. The van der Waals surface area contributed by atoms with Crippen molar-refractivity contribution in [3.8, 4) is 17.2 Å². The Labute approximate surface area is 169 Å². The summed E-state index contributed by atoms with van der Waals surface area (Å²) >= 11 is 0. The van der Waals surface area contributed by atoms with Crippen molar-refractivity contribution in [1.82, 2.24) is 4.90 Å². The van der Waals surface area contributed by atoms with E-state index in [2.05, 4.69) is 5.32 Å². The summed E-state index contributed by atoms with van der Waals surface area (Å²) in [5, 5.41) is 2.61. The van der Waals surface area contributed by atoms with E-state index in [9.17, 15) is 9.59 Å². The average molecular weight is 390 g/mol. The standard InChI is InChI=1S/C23H22N2O4/c1-25(16-17-8-4-3-5-9-17)23(27)22(26)24-18-12-14-19(15-13-18)29-21-11-7-6-10-20(21)28-2/h3-15H,16H2,1-2H3,(H,24,26). The van der Waals surface area contributed by atoms with Gasteiger partial charge in [-0.2, -0.15) is 0 Å². The fourth-order valence-electron chi connectivity index (χ4n) is 2.72. The number of nitrogens with zero attached hydrogens (tertiary/aromatic N) is 1. The van der Waals surface area contributed by atoms with E-state index < -0.39 is 11.8 Å². The number of hydrogen-bond acceptors (Lipinski definition) is 4. The second kappa shape index (κ2) is 9.41. The zero-order valence-corrected chi connectivity index (χ0v) is 16.3.